The van der Waals surface area contributed by atoms with Gasteiger partial charge in [0, 0.05) is 6.04 Å². The van der Waals surface area contributed by atoms with Crippen LogP contribution in [0, 0.1) is 5.92 Å². The Balaban J connectivity index is 1.90. The molecule has 1 saturated carbocycles. The van der Waals surface area contributed by atoms with Gasteiger partial charge in [-0.3, -0.25) is 0 Å². The van der Waals surface area contributed by atoms with Crippen LogP contribution >= 0.6 is 15.9 Å². The summed E-state index contributed by atoms with van der Waals surface area (Å²) in [6.07, 6.45) is 1.18. The molecule has 16 heavy (non-hydrogen) atoms. The van der Waals surface area contributed by atoms with Crippen molar-refractivity contribution in [3.05, 3.63) is 22.2 Å². The molecule has 0 radical (unpaired) electrons. The Morgan fingerprint density at radius 3 is 2.94 bits per heavy atom. The number of hydrogen-bond donors (Lipinski definition) is 1. The maximum atomic E-state index is 5.91. The largest absolute Gasteiger partial charge is 0.454 e. The molecule has 3 rings (SSSR count). The first-order valence-electron chi connectivity index (χ1n) is 5.51. The number of benzene rings is 1. The summed E-state index contributed by atoms with van der Waals surface area (Å²) in [7, 11) is 0. The fraction of sp³-hybridized carbons (Fsp3) is 0.500. The highest BCUT2D eigenvalue weighted by atomic mass is 79.9. The van der Waals surface area contributed by atoms with Crippen molar-refractivity contribution in [3.8, 4) is 11.5 Å². The Morgan fingerprint density at radius 1 is 1.44 bits per heavy atom. The van der Waals surface area contributed by atoms with Crippen molar-refractivity contribution in [2.75, 3.05) is 6.79 Å². The molecule has 1 aliphatic heterocycles. The third-order valence-electron chi connectivity index (χ3n) is 3.39. The van der Waals surface area contributed by atoms with E-state index in [9.17, 15) is 0 Å². The van der Waals surface area contributed by atoms with E-state index in [1.165, 1.54) is 12.0 Å². The second kappa shape index (κ2) is 3.64. The van der Waals surface area contributed by atoms with Crippen LogP contribution in [0.25, 0.3) is 0 Å². The number of ether oxygens (including phenoxy) is 2. The van der Waals surface area contributed by atoms with Crippen molar-refractivity contribution in [1.82, 2.24) is 0 Å². The zero-order valence-electron chi connectivity index (χ0n) is 9.07. The molecule has 0 amide bonds. The van der Waals surface area contributed by atoms with Gasteiger partial charge in [0.05, 0.1) is 4.47 Å². The van der Waals surface area contributed by atoms with Crippen LogP contribution in [-0.2, 0) is 0 Å². The monoisotopic (exact) mass is 283 g/mol. The smallest absolute Gasteiger partial charge is 0.231 e. The Morgan fingerprint density at radius 2 is 2.25 bits per heavy atom. The van der Waals surface area contributed by atoms with Crippen molar-refractivity contribution in [2.45, 2.75) is 25.3 Å². The number of fused-ring (bicyclic) bond motifs is 1. The minimum Gasteiger partial charge on any atom is -0.454 e. The van der Waals surface area contributed by atoms with Gasteiger partial charge in [0.25, 0.3) is 0 Å². The molecule has 2 aliphatic rings. The second-order valence-electron chi connectivity index (χ2n) is 4.60. The lowest BCUT2D eigenvalue weighted by Crippen LogP contribution is -2.17. The lowest BCUT2D eigenvalue weighted by atomic mass is 10.1. The fourth-order valence-corrected chi connectivity index (χ4v) is 2.95. The Labute approximate surface area is 103 Å². The van der Waals surface area contributed by atoms with E-state index < -0.39 is 0 Å². The second-order valence-corrected chi connectivity index (χ2v) is 5.46. The van der Waals surface area contributed by atoms with E-state index in [2.05, 4.69) is 35.0 Å². The number of nitrogens with two attached hydrogens (primary N) is 1. The summed E-state index contributed by atoms with van der Waals surface area (Å²) in [4.78, 5) is 0. The zero-order chi connectivity index (χ0) is 11.3. The van der Waals surface area contributed by atoms with Crippen LogP contribution in [0.3, 0.4) is 0 Å². The summed E-state index contributed by atoms with van der Waals surface area (Å²) in [5.41, 5.74) is 7.21. The molecule has 86 valence electrons. The van der Waals surface area contributed by atoms with Gasteiger partial charge in [-0.25, -0.2) is 0 Å². The first-order chi connectivity index (χ1) is 7.66. The third-order valence-corrected chi connectivity index (χ3v) is 3.98. The van der Waals surface area contributed by atoms with Crippen LogP contribution in [0.5, 0.6) is 11.5 Å². The molecule has 0 spiro atoms. The first-order valence-corrected chi connectivity index (χ1v) is 6.30. The minimum absolute atomic E-state index is 0.272. The predicted octanol–water partition coefficient (Wildman–Crippen LogP) is 2.63. The maximum absolute atomic E-state index is 5.91. The molecule has 3 atom stereocenters. The minimum atomic E-state index is 0.272. The van der Waals surface area contributed by atoms with Crippen LogP contribution in [0.4, 0.5) is 0 Å². The molecule has 1 aromatic rings. The number of hydrogen-bond acceptors (Lipinski definition) is 3. The van der Waals surface area contributed by atoms with Crippen LogP contribution in [0.15, 0.2) is 16.6 Å². The van der Waals surface area contributed by atoms with Gasteiger partial charge < -0.3 is 15.2 Å². The normalized spacial score (nSPS) is 27.9. The quantitative estimate of drug-likeness (QED) is 0.908. The molecule has 0 bridgehead atoms. The van der Waals surface area contributed by atoms with Gasteiger partial charge in [0.1, 0.15) is 0 Å². The molecule has 0 aromatic heterocycles. The highest BCUT2D eigenvalue weighted by molar-refractivity contribution is 9.10. The lowest BCUT2D eigenvalue weighted by molar-refractivity contribution is 0.173. The van der Waals surface area contributed by atoms with Crippen LogP contribution < -0.4 is 15.2 Å². The van der Waals surface area contributed by atoms with E-state index in [0.29, 0.717) is 18.6 Å². The van der Waals surface area contributed by atoms with Crippen molar-refractivity contribution in [1.29, 1.82) is 0 Å². The summed E-state index contributed by atoms with van der Waals surface area (Å²) in [5.74, 6) is 2.87. The Hall–Kier alpha value is -0.740. The van der Waals surface area contributed by atoms with Crippen LogP contribution in [-0.4, -0.2) is 12.8 Å². The summed E-state index contributed by atoms with van der Waals surface area (Å²) in [6, 6.07) is 4.48. The molecule has 2 N–H and O–H groups in total. The van der Waals surface area contributed by atoms with E-state index in [4.69, 9.17) is 15.2 Å². The molecular formula is C12H14BrNO2. The SMILES string of the molecule is CC(N)C1CC1c1cc(Br)c2c(c1)OCO2. The third kappa shape index (κ3) is 1.60. The fourth-order valence-electron chi connectivity index (χ4n) is 2.38. The molecule has 1 fully saturated rings. The molecule has 3 nitrogen and oxygen atoms in total. The van der Waals surface area contributed by atoms with Crippen LogP contribution in [0.2, 0.25) is 0 Å². The van der Waals surface area contributed by atoms with Gasteiger partial charge >= 0.3 is 0 Å². The van der Waals surface area contributed by atoms with Gasteiger partial charge in [-0.15, -0.1) is 0 Å². The van der Waals surface area contributed by atoms with Gasteiger partial charge in [0.15, 0.2) is 11.5 Å². The molecule has 4 heteroatoms. The Kier molecular flexibility index (Phi) is 2.37. The molecule has 0 saturated heterocycles. The van der Waals surface area contributed by atoms with E-state index in [-0.39, 0.29) is 6.04 Å². The topological polar surface area (TPSA) is 44.5 Å². The van der Waals surface area contributed by atoms with Crippen LogP contribution in [0.1, 0.15) is 24.8 Å². The van der Waals surface area contributed by atoms with E-state index in [1.807, 2.05) is 0 Å². The first kappa shape index (κ1) is 10.4. The molecule has 1 aliphatic carbocycles. The summed E-state index contributed by atoms with van der Waals surface area (Å²) >= 11 is 3.51. The van der Waals surface area contributed by atoms with Gasteiger partial charge in [0.2, 0.25) is 6.79 Å². The predicted molar refractivity (Wildman–Crippen MR) is 64.8 cm³/mol. The van der Waals surface area contributed by atoms with E-state index >= 15 is 0 Å². The van der Waals surface area contributed by atoms with Crippen molar-refractivity contribution >= 4 is 15.9 Å². The van der Waals surface area contributed by atoms with Gasteiger partial charge in [-0.1, -0.05) is 0 Å². The van der Waals surface area contributed by atoms with Crippen molar-refractivity contribution in [3.63, 3.8) is 0 Å². The van der Waals surface area contributed by atoms with Crippen molar-refractivity contribution < 1.29 is 9.47 Å². The number of halogens is 1. The lowest BCUT2D eigenvalue weighted by Gasteiger charge is -2.06. The van der Waals surface area contributed by atoms with Gasteiger partial charge in [-0.2, -0.15) is 0 Å². The standard InChI is InChI=1S/C12H14BrNO2/c1-6(14)8-4-9(8)7-2-10(13)12-11(3-7)15-5-16-12/h2-3,6,8-9H,4-5,14H2,1H3. The zero-order valence-corrected chi connectivity index (χ0v) is 10.7. The summed E-state index contributed by atoms with van der Waals surface area (Å²) in [6.45, 7) is 2.39. The molecule has 1 heterocycles. The number of rotatable bonds is 2. The average Bonchev–Trinajstić information content (AvgIpc) is 2.90. The summed E-state index contributed by atoms with van der Waals surface area (Å²) < 4.78 is 11.8. The average molecular weight is 284 g/mol. The van der Waals surface area contributed by atoms with E-state index in [0.717, 1.165) is 16.0 Å². The summed E-state index contributed by atoms with van der Waals surface area (Å²) in [5, 5.41) is 0. The maximum Gasteiger partial charge on any atom is 0.231 e. The highest BCUT2D eigenvalue weighted by Gasteiger charge is 2.41. The molecule has 3 unspecified atom stereocenters. The Bertz CT molecular complexity index is 433. The van der Waals surface area contributed by atoms with Gasteiger partial charge in [-0.05, 0) is 58.8 Å². The van der Waals surface area contributed by atoms with E-state index in [1.54, 1.807) is 0 Å². The molecular weight excluding hydrogens is 270 g/mol. The molecule has 1 aromatic carbocycles. The highest BCUT2D eigenvalue weighted by Crippen LogP contribution is 2.52. The van der Waals surface area contributed by atoms with Crippen molar-refractivity contribution in [2.24, 2.45) is 11.7 Å².